The molecule has 0 atom stereocenters. The van der Waals surface area contributed by atoms with E-state index in [1.54, 1.807) is 30.5 Å². The molecule has 0 bridgehead atoms. The van der Waals surface area contributed by atoms with E-state index in [4.69, 9.17) is 11.6 Å². The maximum atomic E-state index is 12.0. The van der Waals surface area contributed by atoms with Crippen LogP contribution in [-0.4, -0.2) is 32.1 Å². The van der Waals surface area contributed by atoms with E-state index < -0.39 is 10.0 Å². The van der Waals surface area contributed by atoms with Crippen molar-refractivity contribution in [3.8, 4) is 0 Å². The highest BCUT2D eigenvalue weighted by atomic mass is 35.5. The Hall–Kier alpha value is -2.12. The summed E-state index contributed by atoms with van der Waals surface area (Å²) in [5.41, 5.74) is 1.30. The number of aromatic nitrogens is 1. The van der Waals surface area contributed by atoms with Crippen molar-refractivity contribution in [1.82, 2.24) is 10.3 Å². The number of nitrogens with one attached hydrogen (secondary N) is 1. The first-order valence-electron chi connectivity index (χ1n) is 7.76. The van der Waals surface area contributed by atoms with Crippen LogP contribution in [0.2, 0.25) is 5.02 Å². The van der Waals surface area contributed by atoms with Gasteiger partial charge in [-0.3, -0.25) is 14.1 Å². The molecule has 0 radical (unpaired) electrons. The van der Waals surface area contributed by atoms with E-state index in [1.807, 2.05) is 18.2 Å². The maximum absolute atomic E-state index is 12.0. The van der Waals surface area contributed by atoms with Crippen LogP contribution in [0.1, 0.15) is 18.5 Å². The second-order valence-corrected chi connectivity index (χ2v) is 7.86. The van der Waals surface area contributed by atoms with Gasteiger partial charge in [0.05, 0.1) is 24.2 Å². The average molecular weight is 382 g/mol. The molecule has 1 heterocycles. The van der Waals surface area contributed by atoms with Crippen LogP contribution in [0.15, 0.2) is 48.7 Å². The number of hydrogen-bond donors (Lipinski definition) is 1. The first-order chi connectivity index (χ1) is 11.9. The lowest BCUT2D eigenvalue weighted by Crippen LogP contribution is -2.32. The van der Waals surface area contributed by atoms with Crippen LogP contribution in [0.4, 0.5) is 5.69 Å². The van der Waals surface area contributed by atoms with Gasteiger partial charge in [-0.05, 0) is 42.8 Å². The normalized spacial score (nSPS) is 11.1. The molecule has 0 aliphatic heterocycles. The molecule has 0 aliphatic carbocycles. The van der Waals surface area contributed by atoms with Crippen LogP contribution in [0.5, 0.6) is 0 Å². The van der Waals surface area contributed by atoms with Gasteiger partial charge in [0.25, 0.3) is 0 Å². The Kier molecular flexibility index (Phi) is 6.78. The van der Waals surface area contributed by atoms with Gasteiger partial charge in [0, 0.05) is 24.2 Å². The summed E-state index contributed by atoms with van der Waals surface area (Å²) in [5.74, 6) is -0.143. The summed E-state index contributed by atoms with van der Waals surface area (Å²) >= 11 is 5.84. The fourth-order valence-electron chi connectivity index (χ4n) is 2.26. The lowest BCUT2D eigenvalue weighted by Gasteiger charge is -2.22. The predicted molar refractivity (Wildman–Crippen MR) is 99.0 cm³/mol. The van der Waals surface area contributed by atoms with Crippen LogP contribution in [0.3, 0.4) is 0 Å². The van der Waals surface area contributed by atoms with E-state index >= 15 is 0 Å². The Balaban J connectivity index is 1.86. The Labute approximate surface area is 152 Å². The average Bonchev–Trinajstić information content (AvgIpc) is 2.58. The Morgan fingerprint density at radius 1 is 1.20 bits per heavy atom. The fraction of sp³-hybridized carbons (Fsp3) is 0.294. The molecular weight excluding hydrogens is 362 g/mol. The molecule has 0 spiro atoms. The smallest absolute Gasteiger partial charge is 0.232 e. The van der Waals surface area contributed by atoms with Gasteiger partial charge in [0.15, 0.2) is 0 Å². The standard InChI is InChI=1S/C17H20ClN3O3S/c1-25(23,24)21(16-9-7-14(18)8-10-16)12-4-6-17(22)20-13-15-5-2-3-11-19-15/h2-3,5,7-11H,4,6,12-13H2,1H3,(H,20,22). The minimum Gasteiger partial charge on any atom is -0.350 e. The van der Waals surface area contributed by atoms with Gasteiger partial charge >= 0.3 is 0 Å². The molecule has 1 N–H and O–H groups in total. The number of halogens is 1. The largest absolute Gasteiger partial charge is 0.350 e. The third-order valence-electron chi connectivity index (χ3n) is 3.47. The first-order valence-corrected chi connectivity index (χ1v) is 9.99. The zero-order valence-electron chi connectivity index (χ0n) is 13.9. The summed E-state index contributed by atoms with van der Waals surface area (Å²) < 4.78 is 25.2. The molecule has 0 saturated heterocycles. The van der Waals surface area contributed by atoms with Gasteiger partial charge in [-0.1, -0.05) is 17.7 Å². The number of rotatable bonds is 8. The summed E-state index contributed by atoms with van der Waals surface area (Å²) in [6, 6.07) is 12.0. The molecule has 2 rings (SSSR count). The Bertz CT molecular complexity index is 796. The molecule has 1 amide bonds. The number of anilines is 1. The third kappa shape index (κ3) is 6.36. The number of hydrogen-bond acceptors (Lipinski definition) is 4. The maximum Gasteiger partial charge on any atom is 0.232 e. The number of sulfonamides is 1. The molecule has 25 heavy (non-hydrogen) atoms. The van der Waals surface area contributed by atoms with Crippen molar-refractivity contribution in [2.45, 2.75) is 19.4 Å². The molecular formula is C17H20ClN3O3S. The van der Waals surface area contributed by atoms with Gasteiger partial charge in [0.1, 0.15) is 0 Å². The highest BCUT2D eigenvalue weighted by Crippen LogP contribution is 2.20. The van der Waals surface area contributed by atoms with Crippen molar-refractivity contribution in [1.29, 1.82) is 0 Å². The molecule has 0 unspecified atom stereocenters. The molecule has 2 aromatic rings. The van der Waals surface area contributed by atoms with Crippen molar-refractivity contribution < 1.29 is 13.2 Å². The lowest BCUT2D eigenvalue weighted by atomic mass is 10.2. The monoisotopic (exact) mass is 381 g/mol. The van der Waals surface area contributed by atoms with Crippen molar-refractivity contribution in [2.24, 2.45) is 0 Å². The number of carbonyl (C=O) groups is 1. The van der Waals surface area contributed by atoms with Gasteiger partial charge in [-0.25, -0.2) is 8.42 Å². The minimum absolute atomic E-state index is 0.143. The fourth-order valence-corrected chi connectivity index (χ4v) is 3.35. The molecule has 1 aromatic heterocycles. The second kappa shape index (κ2) is 8.82. The number of amides is 1. The van der Waals surface area contributed by atoms with E-state index in [0.29, 0.717) is 23.7 Å². The van der Waals surface area contributed by atoms with Crippen molar-refractivity contribution in [3.63, 3.8) is 0 Å². The van der Waals surface area contributed by atoms with Crippen LogP contribution in [-0.2, 0) is 21.4 Å². The zero-order chi connectivity index (χ0) is 18.3. The lowest BCUT2D eigenvalue weighted by molar-refractivity contribution is -0.121. The second-order valence-electron chi connectivity index (χ2n) is 5.51. The third-order valence-corrected chi connectivity index (χ3v) is 4.92. The molecule has 134 valence electrons. The molecule has 0 fully saturated rings. The van der Waals surface area contributed by atoms with Crippen molar-refractivity contribution in [3.05, 3.63) is 59.4 Å². The molecule has 0 aliphatic rings. The van der Waals surface area contributed by atoms with Crippen LogP contribution in [0, 0.1) is 0 Å². The number of benzene rings is 1. The SMILES string of the molecule is CS(=O)(=O)N(CCCC(=O)NCc1ccccn1)c1ccc(Cl)cc1. The zero-order valence-corrected chi connectivity index (χ0v) is 15.4. The summed E-state index contributed by atoms with van der Waals surface area (Å²) in [7, 11) is -3.44. The summed E-state index contributed by atoms with van der Waals surface area (Å²) in [5, 5.41) is 3.31. The van der Waals surface area contributed by atoms with Gasteiger partial charge < -0.3 is 5.32 Å². The van der Waals surface area contributed by atoms with E-state index in [1.165, 1.54) is 4.31 Å². The highest BCUT2D eigenvalue weighted by Gasteiger charge is 2.17. The Morgan fingerprint density at radius 3 is 2.52 bits per heavy atom. The number of nitrogens with zero attached hydrogens (tertiary/aromatic N) is 2. The summed E-state index contributed by atoms with van der Waals surface area (Å²) in [6.45, 7) is 0.574. The number of carbonyl (C=O) groups excluding carboxylic acids is 1. The van der Waals surface area contributed by atoms with E-state index in [9.17, 15) is 13.2 Å². The number of pyridine rings is 1. The van der Waals surface area contributed by atoms with Crippen molar-refractivity contribution >= 4 is 33.2 Å². The van der Waals surface area contributed by atoms with Crippen LogP contribution in [0.25, 0.3) is 0 Å². The van der Waals surface area contributed by atoms with Gasteiger partial charge in [-0.15, -0.1) is 0 Å². The summed E-state index contributed by atoms with van der Waals surface area (Å²) in [4.78, 5) is 16.0. The van der Waals surface area contributed by atoms with E-state index in [2.05, 4.69) is 10.3 Å². The quantitative estimate of drug-likeness (QED) is 0.762. The van der Waals surface area contributed by atoms with E-state index in [0.717, 1.165) is 11.9 Å². The molecule has 6 nitrogen and oxygen atoms in total. The molecule has 0 saturated carbocycles. The summed E-state index contributed by atoms with van der Waals surface area (Å²) in [6.07, 6.45) is 3.44. The topological polar surface area (TPSA) is 79.4 Å². The minimum atomic E-state index is -3.44. The van der Waals surface area contributed by atoms with Crippen LogP contribution < -0.4 is 9.62 Å². The van der Waals surface area contributed by atoms with E-state index in [-0.39, 0.29) is 18.9 Å². The van der Waals surface area contributed by atoms with Crippen LogP contribution >= 0.6 is 11.6 Å². The van der Waals surface area contributed by atoms with Gasteiger partial charge in [0.2, 0.25) is 15.9 Å². The molecule has 8 heteroatoms. The first kappa shape index (κ1) is 19.2. The van der Waals surface area contributed by atoms with Crippen molar-refractivity contribution in [2.75, 3.05) is 17.1 Å². The predicted octanol–water partition coefficient (Wildman–Crippen LogP) is 2.60. The van der Waals surface area contributed by atoms with Gasteiger partial charge in [-0.2, -0.15) is 0 Å². The highest BCUT2D eigenvalue weighted by molar-refractivity contribution is 7.92. The Morgan fingerprint density at radius 2 is 1.92 bits per heavy atom. The molecule has 1 aromatic carbocycles.